The van der Waals surface area contributed by atoms with E-state index < -0.39 is 9.84 Å². The molecule has 1 aliphatic carbocycles. The first-order valence-corrected chi connectivity index (χ1v) is 11.5. The van der Waals surface area contributed by atoms with Crippen LogP contribution in [0.15, 0.2) is 28.5 Å². The van der Waals surface area contributed by atoms with Gasteiger partial charge in [0.05, 0.1) is 20.7 Å². The number of sulfone groups is 1. The van der Waals surface area contributed by atoms with E-state index in [1.807, 2.05) is 5.38 Å². The standard InChI is InChI=1S/C17H16N2O3S3/c1-25(21,22)10-6-7-13-15(8-10)24-17(18-13)19-16(20)12-9-23-14-5-3-2-4-11(12)14/h6-9H,2-5H2,1H3,(H,18,19,20). The smallest absolute Gasteiger partial charge is 0.258 e. The number of nitrogens with zero attached hydrogens (tertiary/aromatic N) is 1. The maximum absolute atomic E-state index is 12.6. The molecule has 3 aromatic rings. The molecule has 0 fully saturated rings. The van der Waals surface area contributed by atoms with E-state index in [1.165, 1.54) is 40.5 Å². The summed E-state index contributed by atoms with van der Waals surface area (Å²) in [6.45, 7) is 0. The minimum Gasteiger partial charge on any atom is -0.298 e. The number of nitrogens with one attached hydrogen (secondary N) is 1. The fourth-order valence-corrected chi connectivity index (χ4v) is 5.79. The van der Waals surface area contributed by atoms with Crippen LogP contribution in [0.1, 0.15) is 33.6 Å². The zero-order valence-electron chi connectivity index (χ0n) is 13.5. The van der Waals surface area contributed by atoms with Crippen LogP contribution in [-0.2, 0) is 22.7 Å². The molecule has 4 rings (SSSR count). The van der Waals surface area contributed by atoms with Gasteiger partial charge in [0.15, 0.2) is 15.0 Å². The molecular formula is C17H16N2O3S3. The highest BCUT2D eigenvalue weighted by molar-refractivity contribution is 7.90. The lowest BCUT2D eigenvalue weighted by Crippen LogP contribution is -2.14. The van der Waals surface area contributed by atoms with Crippen molar-refractivity contribution in [3.05, 3.63) is 39.6 Å². The van der Waals surface area contributed by atoms with Gasteiger partial charge in [0.2, 0.25) is 0 Å². The minimum absolute atomic E-state index is 0.137. The molecule has 25 heavy (non-hydrogen) atoms. The molecule has 0 bridgehead atoms. The third-order valence-electron chi connectivity index (χ3n) is 4.31. The number of hydrogen-bond acceptors (Lipinski definition) is 6. The van der Waals surface area contributed by atoms with Crippen molar-refractivity contribution in [1.29, 1.82) is 0 Å². The molecule has 0 saturated carbocycles. The first kappa shape index (κ1) is 16.7. The predicted molar refractivity (Wildman–Crippen MR) is 102 cm³/mol. The molecule has 8 heteroatoms. The van der Waals surface area contributed by atoms with E-state index in [9.17, 15) is 13.2 Å². The van der Waals surface area contributed by atoms with Gasteiger partial charge in [-0.15, -0.1) is 11.3 Å². The summed E-state index contributed by atoms with van der Waals surface area (Å²) in [4.78, 5) is 18.6. The summed E-state index contributed by atoms with van der Waals surface area (Å²) >= 11 is 2.94. The van der Waals surface area contributed by atoms with Crippen molar-refractivity contribution in [2.45, 2.75) is 30.6 Å². The monoisotopic (exact) mass is 392 g/mol. The second-order valence-electron chi connectivity index (χ2n) is 6.13. The van der Waals surface area contributed by atoms with Gasteiger partial charge < -0.3 is 0 Å². The fraction of sp³-hybridized carbons (Fsp3) is 0.294. The number of rotatable bonds is 3. The van der Waals surface area contributed by atoms with Crippen molar-refractivity contribution >= 4 is 53.8 Å². The third kappa shape index (κ3) is 3.21. The van der Waals surface area contributed by atoms with E-state index >= 15 is 0 Å². The predicted octanol–water partition coefficient (Wildman–Crippen LogP) is 3.89. The Labute approximate surface area is 153 Å². The van der Waals surface area contributed by atoms with Crippen LogP contribution in [0, 0.1) is 0 Å². The molecule has 0 saturated heterocycles. The Balaban J connectivity index is 1.62. The minimum atomic E-state index is -3.26. The Bertz CT molecular complexity index is 1080. The largest absolute Gasteiger partial charge is 0.298 e. The molecule has 0 radical (unpaired) electrons. The third-order valence-corrected chi connectivity index (χ3v) is 7.45. The van der Waals surface area contributed by atoms with Gasteiger partial charge in [-0.2, -0.15) is 0 Å². The van der Waals surface area contributed by atoms with Gasteiger partial charge in [-0.3, -0.25) is 10.1 Å². The SMILES string of the molecule is CS(=O)(=O)c1ccc2nc(NC(=O)c3csc4c3CCCC4)sc2c1. The first-order chi connectivity index (χ1) is 11.9. The van der Waals surface area contributed by atoms with Gasteiger partial charge >= 0.3 is 0 Å². The highest BCUT2D eigenvalue weighted by Crippen LogP contribution is 2.32. The summed E-state index contributed by atoms with van der Waals surface area (Å²) in [6, 6.07) is 4.81. The van der Waals surface area contributed by atoms with Gasteiger partial charge in [-0.05, 0) is 49.4 Å². The lowest BCUT2D eigenvalue weighted by Gasteiger charge is -2.12. The second kappa shape index (κ2) is 6.19. The first-order valence-electron chi connectivity index (χ1n) is 7.93. The highest BCUT2D eigenvalue weighted by atomic mass is 32.2. The normalized spacial score (nSPS) is 14.4. The van der Waals surface area contributed by atoms with Crippen molar-refractivity contribution in [2.24, 2.45) is 0 Å². The van der Waals surface area contributed by atoms with E-state index in [4.69, 9.17) is 0 Å². The number of aryl methyl sites for hydroxylation is 1. The number of carbonyl (C=O) groups excluding carboxylic acids is 1. The van der Waals surface area contributed by atoms with Crippen LogP contribution in [0.25, 0.3) is 10.2 Å². The molecule has 2 aromatic heterocycles. The molecule has 0 unspecified atom stereocenters. The second-order valence-corrected chi connectivity index (χ2v) is 10.1. The molecule has 5 nitrogen and oxygen atoms in total. The lowest BCUT2D eigenvalue weighted by molar-refractivity contribution is 0.102. The van der Waals surface area contributed by atoms with Crippen LogP contribution in [0.4, 0.5) is 5.13 Å². The number of anilines is 1. The Morgan fingerprint density at radius 3 is 2.84 bits per heavy atom. The zero-order chi connectivity index (χ0) is 17.6. The van der Waals surface area contributed by atoms with Crippen molar-refractivity contribution < 1.29 is 13.2 Å². The topological polar surface area (TPSA) is 76.1 Å². The molecule has 1 N–H and O–H groups in total. The van der Waals surface area contributed by atoms with E-state index in [1.54, 1.807) is 23.5 Å². The average molecular weight is 393 g/mol. The summed E-state index contributed by atoms with van der Waals surface area (Å²) in [5.41, 5.74) is 2.60. The molecule has 0 atom stereocenters. The number of thiazole rings is 1. The Hall–Kier alpha value is -1.77. The van der Waals surface area contributed by atoms with Gasteiger partial charge in [0.1, 0.15) is 0 Å². The maximum Gasteiger partial charge on any atom is 0.258 e. The van der Waals surface area contributed by atoms with Crippen LogP contribution in [0.3, 0.4) is 0 Å². The number of benzene rings is 1. The van der Waals surface area contributed by atoms with Crippen LogP contribution in [-0.4, -0.2) is 25.6 Å². The summed E-state index contributed by atoms with van der Waals surface area (Å²) in [5, 5.41) is 5.29. The summed E-state index contributed by atoms with van der Waals surface area (Å²) in [6.07, 6.45) is 5.51. The van der Waals surface area contributed by atoms with Gasteiger partial charge in [-0.25, -0.2) is 13.4 Å². The van der Waals surface area contributed by atoms with Gasteiger partial charge in [-0.1, -0.05) is 11.3 Å². The Morgan fingerprint density at radius 1 is 1.24 bits per heavy atom. The van der Waals surface area contributed by atoms with E-state index in [2.05, 4.69) is 10.3 Å². The summed E-state index contributed by atoms with van der Waals surface area (Å²) in [7, 11) is -3.26. The van der Waals surface area contributed by atoms with Crippen molar-refractivity contribution in [2.75, 3.05) is 11.6 Å². The van der Waals surface area contributed by atoms with Crippen LogP contribution >= 0.6 is 22.7 Å². The molecule has 2 heterocycles. The van der Waals surface area contributed by atoms with E-state index in [-0.39, 0.29) is 10.8 Å². The lowest BCUT2D eigenvalue weighted by atomic mass is 9.96. The number of thiophene rings is 1. The average Bonchev–Trinajstić information content (AvgIpc) is 3.16. The van der Waals surface area contributed by atoms with E-state index in [0.717, 1.165) is 29.5 Å². The summed E-state index contributed by atoms with van der Waals surface area (Å²) < 4.78 is 24.1. The molecule has 1 aromatic carbocycles. The van der Waals surface area contributed by atoms with Crippen LogP contribution < -0.4 is 5.32 Å². The molecule has 1 amide bonds. The van der Waals surface area contributed by atoms with Crippen molar-refractivity contribution in [1.82, 2.24) is 4.98 Å². The van der Waals surface area contributed by atoms with Crippen molar-refractivity contribution in [3.63, 3.8) is 0 Å². The maximum atomic E-state index is 12.6. The number of hydrogen-bond donors (Lipinski definition) is 1. The molecule has 0 spiro atoms. The van der Waals surface area contributed by atoms with Crippen molar-refractivity contribution in [3.8, 4) is 0 Å². The number of carbonyl (C=O) groups is 1. The van der Waals surface area contributed by atoms with Crippen LogP contribution in [0.2, 0.25) is 0 Å². The highest BCUT2D eigenvalue weighted by Gasteiger charge is 2.21. The number of amides is 1. The Kier molecular flexibility index (Phi) is 4.13. The number of fused-ring (bicyclic) bond motifs is 2. The fourth-order valence-electron chi connectivity index (χ4n) is 3.04. The molecule has 0 aliphatic heterocycles. The summed E-state index contributed by atoms with van der Waals surface area (Å²) in [5.74, 6) is -0.137. The van der Waals surface area contributed by atoms with E-state index in [0.29, 0.717) is 10.6 Å². The van der Waals surface area contributed by atoms with Crippen LogP contribution in [0.5, 0.6) is 0 Å². The molecule has 130 valence electrons. The molecular weight excluding hydrogens is 376 g/mol. The molecule has 1 aliphatic rings. The number of aromatic nitrogens is 1. The Morgan fingerprint density at radius 2 is 2.04 bits per heavy atom. The zero-order valence-corrected chi connectivity index (χ0v) is 16.0. The van der Waals surface area contributed by atoms with Gasteiger partial charge in [0, 0.05) is 16.5 Å². The van der Waals surface area contributed by atoms with Gasteiger partial charge in [0.25, 0.3) is 5.91 Å². The quantitative estimate of drug-likeness (QED) is 0.734.